The first-order valence-electron chi connectivity index (χ1n) is 11.9. The number of amides is 3. The Morgan fingerprint density at radius 1 is 1.03 bits per heavy atom. The minimum absolute atomic E-state index is 0.0732. The molecule has 3 amide bonds. The highest BCUT2D eigenvalue weighted by Gasteiger charge is 2.42. The monoisotopic (exact) mass is 477 g/mol. The maximum absolute atomic E-state index is 13.7. The number of hydrogen-bond donors (Lipinski definition) is 3. The number of benzene rings is 1. The van der Waals surface area contributed by atoms with E-state index in [4.69, 9.17) is 4.74 Å². The maximum atomic E-state index is 13.7. The molecule has 192 valence electrons. The van der Waals surface area contributed by atoms with Crippen LogP contribution in [0.2, 0.25) is 0 Å². The summed E-state index contributed by atoms with van der Waals surface area (Å²) in [5.74, 6) is -0.897. The van der Waals surface area contributed by atoms with Gasteiger partial charge < -0.3 is 25.4 Å². The van der Waals surface area contributed by atoms with Gasteiger partial charge in [-0.15, -0.1) is 0 Å². The summed E-state index contributed by atoms with van der Waals surface area (Å²) in [4.78, 5) is 41.1. The Hall–Kier alpha value is -2.61. The maximum Gasteiger partial charge on any atom is 0.408 e. The van der Waals surface area contributed by atoms with Gasteiger partial charge in [-0.3, -0.25) is 9.59 Å². The van der Waals surface area contributed by atoms with Gasteiger partial charge in [-0.2, -0.15) is 0 Å². The number of alkyl carbamates (subject to hydrolysis) is 1. The Kier molecular flexibility index (Phi) is 10.6. The predicted molar refractivity (Wildman–Crippen MR) is 133 cm³/mol. The third kappa shape index (κ3) is 8.97. The first-order valence-corrected chi connectivity index (χ1v) is 11.9. The Morgan fingerprint density at radius 3 is 2.03 bits per heavy atom. The van der Waals surface area contributed by atoms with Crippen LogP contribution in [0.5, 0.6) is 0 Å². The van der Waals surface area contributed by atoms with Crippen LogP contribution in [0.4, 0.5) is 4.79 Å². The molecule has 1 aromatic carbocycles. The summed E-state index contributed by atoms with van der Waals surface area (Å²) in [5, 5.41) is 15.5. The quantitative estimate of drug-likeness (QED) is 0.501. The number of nitrogens with one attached hydrogen (secondary N) is 2. The average molecular weight is 478 g/mol. The van der Waals surface area contributed by atoms with Gasteiger partial charge >= 0.3 is 6.09 Å². The number of aryl methyl sites for hydroxylation is 1. The largest absolute Gasteiger partial charge is 0.444 e. The van der Waals surface area contributed by atoms with Gasteiger partial charge in [0, 0.05) is 11.6 Å². The molecule has 0 bridgehead atoms. The van der Waals surface area contributed by atoms with Gasteiger partial charge in [-0.1, -0.05) is 43.2 Å². The first-order chi connectivity index (χ1) is 15.6. The molecule has 0 saturated heterocycles. The standard InChI is InChI=1S/C26H43N3O5/c1-10-11-18(3)27-22(31)21(19-14-12-17(2)13-15-19)29(25(4,5)6)23(32)20(16-30)28-24(33)34-26(7,8)9/h12-15,18,20-21,30H,10-11,16H2,1-9H3,(H,27,31)(H,28,33). The summed E-state index contributed by atoms with van der Waals surface area (Å²) in [6.07, 6.45) is 0.891. The second-order valence-electron chi connectivity index (χ2n) is 10.8. The van der Waals surface area contributed by atoms with Gasteiger partial charge in [-0.25, -0.2) is 4.79 Å². The minimum atomic E-state index is -1.28. The van der Waals surface area contributed by atoms with Crippen molar-refractivity contribution in [3.63, 3.8) is 0 Å². The molecule has 0 aliphatic rings. The fourth-order valence-corrected chi connectivity index (χ4v) is 3.64. The minimum Gasteiger partial charge on any atom is -0.444 e. The fraction of sp³-hybridized carbons (Fsp3) is 0.654. The van der Waals surface area contributed by atoms with Gasteiger partial charge in [0.05, 0.1) is 6.61 Å². The van der Waals surface area contributed by atoms with Crippen LogP contribution in [0.15, 0.2) is 24.3 Å². The number of aliphatic hydroxyl groups excluding tert-OH is 1. The van der Waals surface area contributed by atoms with Crippen LogP contribution in [0.25, 0.3) is 0 Å². The number of nitrogens with zero attached hydrogens (tertiary/aromatic N) is 1. The Labute approximate surface area is 204 Å². The molecule has 0 spiro atoms. The summed E-state index contributed by atoms with van der Waals surface area (Å²) in [7, 11) is 0. The number of carbonyl (C=O) groups excluding carboxylic acids is 3. The van der Waals surface area contributed by atoms with E-state index in [1.165, 1.54) is 4.90 Å². The lowest BCUT2D eigenvalue weighted by Gasteiger charge is -2.43. The van der Waals surface area contributed by atoms with E-state index in [9.17, 15) is 19.5 Å². The van der Waals surface area contributed by atoms with E-state index in [0.717, 1.165) is 18.4 Å². The molecule has 0 radical (unpaired) electrons. The molecule has 3 N–H and O–H groups in total. The molecule has 3 unspecified atom stereocenters. The van der Waals surface area contributed by atoms with E-state index in [1.54, 1.807) is 20.8 Å². The molecule has 8 heteroatoms. The summed E-state index contributed by atoms with van der Waals surface area (Å²) in [6, 6.07) is 5.12. The SMILES string of the molecule is CCCC(C)NC(=O)C(c1ccc(C)cc1)N(C(=O)C(CO)NC(=O)OC(C)(C)C)C(C)(C)C. The van der Waals surface area contributed by atoms with E-state index >= 15 is 0 Å². The van der Waals surface area contributed by atoms with Crippen LogP contribution >= 0.6 is 0 Å². The van der Waals surface area contributed by atoms with Crippen molar-refractivity contribution in [3.8, 4) is 0 Å². The molecule has 1 aromatic rings. The summed E-state index contributed by atoms with van der Waals surface area (Å²) in [5.41, 5.74) is 0.0946. The molecular weight excluding hydrogens is 434 g/mol. The lowest BCUT2D eigenvalue weighted by molar-refractivity contribution is -0.149. The molecular formula is C26H43N3O5. The molecule has 0 saturated carbocycles. The third-order valence-corrected chi connectivity index (χ3v) is 5.14. The van der Waals surface area contributed by atoms with Gasteiger partial charge in [0.15, 0.2) is 0 Å². The zero-order valence-electron chi connectivity index (χ0n) is 22.2. The lowest BCUT2D eigenvalue weighted by atomic mass is 9.94. The van der Waals surface area contributed by atoms with Crippen molar-refractivity contribution < 1.29 is 24.2 Å². The second-order valence-corrected chi connectivity index (χ2v) is 10.8. The molecule has 34 heavy (non-hydrogen) atoms. The smallest absolute Gasteiger partial charge is 0.408 e. The van der Waals surface area contributed by atoms with E-state index in [2.05, 4.69) is 10.6 Å². The van der Waals surface area contributed by atoms with Crippen molar-refractivity contribution >= 4 is 17.9 Å². The Morgan fingerprint density at radius 2 is 1.59 bits per heavy atom. The van der Waals surface area contributed by atoms with Gasteiger partial charge in [-0.05, 0) is 67.4 Å². The van der Waals surface area contributed by atoms with Gasteiger partial charge in [0.1, 0.15) is 17.7 Å². The molecule has 0 aliphatic heterocycles. The molecule has 0 fully saturated rings. The van der Waals surface area contributed by atoms with Crippen LogP contribution < -0.4 is 10.6 Å². The zero-order chi connectivity index (χ0) is 26.3. The third-order valence-electron chi connectivity index (χ3n) is 5.14. The van der Waals surface area contributed by atoms with E-state index in [0.29, 0.717) is 5.56 Å². The predicted octanol–water partition coefficient (Wildman–Crippen LogP) is 3.85. The molecule has 8 nitrogen and oxygen atoms in total. The van der Waals surface area contributed by atoms with Crippen molar-refractivity contribution in [1.29, 1.82) is 0 Å². The number of hydrogen-bond acceptors (Lipinski definition) is 5. The average Bonchev–Trinajstić information content (AvgIpc) is 2.68. The normalized spacial score (nSPS) is 14.5. The van der Waals surface area contributed by atoms with Crippen molar-refractivity contribution in [1.82, 2.24) is 15.5 Å². The first kappa shape index (κ1) is 29.4. The number of aliphatic hydroxyl groups is 1. The van der Waals surface area contributed by atoms with Crippen LogP contribution in [0, 0.1) is 6.92 Å². The van der Waals surface area contributed by atoms with E-state index < -0.39 is 41.8 Å². The molecule has 3 atom stereocenters. The summed E-state index contributed by atoms with van der Waals surface area (Å²) in [6.45, 7) is 15.8. The van der Waals surface area contributed by atoms with Crippen molar-refractivity contribution in [2.24, 2.45) is 0 Å². The van der Waals surface area contributed by atoms with Crippen molar-refractivity contribution in [3.05, 3.63) is 35.4 Å². The van der Waals surface area contributed by atoms with Crippen LogP contribution in [0.3, 0.4) is 0 Å². The number of carbonyl (C=O) groups is 3. The molecule has 1 rings (SSSR count). The molecule has 0 aromatic heterocycles. The van der Waals surface area contributed by atoms with Crippen LogP contribution in [0.1, 0.15) is 85.4 Å². The van der Waals surface area contributed by atoms with Gasteiger partial charge in [0.25, 0.3) is 0 Å². The highest BCUT2D eigenvalue weighted by Crippen LogP contribution is 2.30. The fourth-order valence-electron chi connectivity index (χ4n) is 3.64. The second kappa shape index (κ2) is 12.2. The topological polar surface area (TPSA) is 108 Å². The van der Waals surface area contributed by atoms with E-state index in [1.807, 2.05) is 65.8 Å². The zero-order valence-corrected chi connectivity index (χ0v) is 22.2. The van der Waals surface area contributed by atoms with E-state index in [-0.39, 0.29) is 11.9 Å². The summed E-state index contributed by atoms with van der Waals surface area (Å²) >= 11 is 0. The Bertz CT molecular complexity index is 824. The Balaban J connectivity index is 3.44. The van der Waals surface area contributed by atoms with Crippen LogP contribution in [-0.4, -0.2) is 57.7 Å². The molecule has 0 aliphatic carbocycles. The van der Waals surface area contributed by atoms with Crippen LogP contribution in [-0.2, 0) is 14.3 Å². The van der Waals surface area contributed by atoms with Gasteiger partial charge in [0.2, 0.25) is 11.8 Å². The lowest BCUT2D eigenvalue weighted by Crippen LogP contribution is -2.59. The van der Waals surface area contributed by atoms with Crippen molar-refractivity contribution in [2.45, 2.75) is 104 Å². The highest BCUT2D eigenvalue weighted by atomic mass is 16.6. The number of ether oxygens (including phenoxy) is 1. The summed E-state index contributed by atoms with van der Waals surface area (Å²) < 4.78 is 5.26. The number of rotatable bonds is 9. The molecule has 0 heterocycles. The van der Waals surface area contributed by atoms with Crippen molar-refractivity contribution in [2.75, 3.05) is 6.61 Å². The highest BCUT2D eigenvalue weighted by molar-refractivity contribution is 5.92.